The van der Waals surface area contributed by atoms with Gasteiger partial charge in [-0.15, -0.1) is 0 Å². The van der Waals surface area contributed by atoms with Crippen LogP contribution in [0.4, 0.5) is 5.69 Å². The zero-order chi connectivity index (χ0) is 12.3. The molecule has 5 heteroatoms. The number of hydrogen-bond donors (Lipinski definition) is 1. The molecule has 0 unspecified atom stereocenters. The lowest BCUT2D eigenvalue weighted by Crippen LogP contribution is -1.90. The fourth-order valence-corrected chi connectivity index (χ4v) is 2.53. The number of aromatic nitrogens is 1. The SMILES string of the molecule is N#Cc1cc(Br)ccc1Sc1ccncc1N. The maximum atomic E-state index is 9.06. The Morgan fingerprint density at radius 2 is 2.12 bits per heavy atom. The van der Waals surface area contributed by atoms with Crippen molar-refractivity contribution in [3.63, 3.8) is 0 Å². The fraction of sp³-hybridized carbons (Fsp3) is 0. The average Bonchev–Trinajstić information content (AvgIpc) is 2.34. The Labute approximate surface area is 112 Å². The van der Waals surface area contributed by atoms with Gasteiger partial charge in [0.1, 0.15) is 6.07 Å². The number of halogens is 1. The van der Waals surface area contributed by atoms with Crippen LogP contribution in [0.5, 0.6) is 0 Å². The minimum Gasteiger partial charge on any atom is -0.397 e. The molecular weight excluding hydrogens is 298 g/mol. The highest BCUT2D eigenvalue weighted by molar-refractivity contribution is 9.10. The molecule has 2 aromatic rings. The Balaban J connectivity index is 2.37. The summed E-state index contributed by atoms with van der Waals surface area (Å²) in [5.74, 6) is 0. The third-order valence-corrected chi connectivity index (χ3v) is 3.75. The van der Waals surface area contributed by atoms with Crippen molar-refractivity contribution in [1.82, 2.24) is 4.98 Å². The van der Waals surface area contributed by atoms with E-state index in [1.807, 2.05) is 18.2 Å². The van der Waals surface area contributed by atoms with Gasteiger partial charge in [-0.3, -0.25) is 4.98 Å². The Bertz CT molecular complexity index is 593. The summed E-state index contributed by atoms with van der Waals surface area (Å²) in [6.07, 6.45) is 3.29. The number of nitrogen functional groups attached to an aromatic ring is 1. The van der Waals surface area contributed by atoms with Gasteiger partial charge in [0.15, 0.2) is 0 Å². The van der Waals surface area contributed by atoms with Crippen LogP contribution in [-0.2, 0) is 0 Å². The summed E-state index contributed by atoms with van der Waals surface area (Å²) >= 11 is 4.81. The van der Waals surface area contributed by atoms with E-state index in [9.17, 15) is 0 Å². The molecule has 2 N–H and O–H groups in total. The first-order valence-corrected chi connectivity index (χ1v) is 6.38. The van der Waals surface area contributed by atoms with E-state index in [2.05, 4.69) is 27.0 Å². The maximum Gasteiger partial charge on any atom is 0.100 e. The minimum atomic E-state index is 0.615. The van der Waals surface area contributed by atoms with Crippen molar-refractivity contribution in [2.75, 3.05) is 5.73 Å². The van der Waals surface area contributed by atoms with Crippen LogP contribution in [0, 0.1) is 11.3 Å². The number of nitriles is 1. The monoisotopic (exact) mass is 305 g/mol. The normalized spacial score (nSPS) is 9.88. The second-order valence-corrected chi connectivity index (χ2v) is 5.27. The molecule has 2 rings (SSSR count). The Morgan fingerprint density at radius 3 is 2.82 bits per heavy atom. The molecule has 0 fully saturated rings. The summed E-state index contributed by atoms with van der Waals surface area (Å²) in [4.78, 5) is 5.72. The first-order chi connectivity index (χ1) is 8.20. The number of benzene rings is 1. The molecule has 1 heterocycles. The number of hydrogen-bond acceptors (Lipinski definition) is 4. The van der Waals surface area contributed by atoms with E-state index < -0.39 is 0 Å². The second kappa shape index (κ2) is 5.21. The number of nitrogens with two attached hydrogens (primary N) is 1. The lowest BCUT2D eigenvalue weighted by Gasteiger charge is -2.06. The van der Waals surface area contributed by atoms with E-state index in [1.54, 1.807) is 18.5 Å². The topological polar surface area (TPSA) is 62.7 Å². The van der Waals surface area contributed by atoms with Crippen molar-refractivity contribution >= 4 is 33.4 Å². The highest BCUT2D eigenvalue weighted by Gasteiger charge is 2.07. The molecule has 0 aliphatic heterocycles. The number of pyridine rings is 1. The van der Waals surface area contributed by atoms with Crippen molar-refractivity contribution in [1.29, 1.82) is 5.26 Å². The molecule has 0 radical (unpaired) electrons. The summed E-state index contributed by atoms with van der Waals surface area (Å²) in [5, 5.41) is 9.06. The molecular formula is C12H8BrN3S. The number of rotatable bonds is 2. The molecule has 0 saturated carbocycles. The first kappa shape index (κ1) is 12.0. The molecule has 0 aliphatic rings. The van der Waals surface area contributed by atoms with Gasteiger partial charge in [0.05, 0.1) is 17.4 Å². The van der Waals surface area contributed by atoms with Gasteiger partial charge in [0, 0.05) is 20.5 Å². The molecule has 0 aliphatic carbocycles. The standard InChI is InChI=1S/C12H8BrN3S/c13-9-1-2-11(8(5-9)6-14)17-12-3-4-16-7-10(12)15/h1-5,7H,15H2. The zero-order valence-electron chi connectivity index (χ0n) is 8.72. The van der Waals surface area contributed by atoms with Gasteiger partial charge in [-0.25, -0.2) is 0 Å². The van der Waals surface area contributed by atoms with E-state index in [0.717, 1.165) is 14.3 Å². The maximum absolute atomic E-state index is 9.06. The van der Waals surface area contributed by atoms with Crippen LogP contribution in [0.2, 0.25) is 0 Å². The van der Waals surface area contributed by atoms with Crippen LogP contribution in [0.25, 0.3) is 0 Å². The van der Waals surface area contributed by atoms with Crippen LogP contribution in [-0.4, -0.2) is 4.98 Å². The second-order valence-electron chi connectivity index (χ2n) is 3.27. The van der Waals surface area contributed by atoms with Crippen molar-refractivity contribution in [3.8, 4) is 6.07 Å². The largest absolute Gasteiger partial charge is 0.397 e. The van der Waals surface area contributed by atoms with E-state index in [4.69, 9.17) is 11.0 Å². The Kier molecular flexibility index (Phi) is 3.67. The summed E-state index contributed by atoms with van der Waals surface area (Å²) in [5.41, 5.74) is 7.05. The van der Waals surface area contributed by atoms with Crippen molar-refractivity contribution in [2.45, 2.75) is 9.79 Å². The number of nitrogens with zero attached hydrogens (tertiary/aromatic N) is 2. The van der Waals surface area contributed by atoms with Gasteiger partial charge >= 0.3 is 0 Å². The quantitative estimate of drug-likeness (QED) is 0.923. The van der Waals surface area contributed by atoms with Crippen LogP contribution in [0.15, 0.2) is 50.9 Å². The van der Waals surface area contributed by atoms with E-state index in [1.165, 1.54) is 11.8 Å². The predicted octanol–water partition coefficient (Wildman–Crippen LogP) is 3.45. The minimum absolute atomic E-state index is 0.615. The van der Waals surface area contributed by atoms with E-state index >= 15 is 0 Å². The van der Waals surface area contributed by atoms with E-state index in [-0.39, 0.29) is 0 Å². The van der Waals surface area contributed by atoms with Gasteiger partial charge < -0.3 is 5.73 Å². The van der Waals surface area contributed by atoms with Crippen LogP contribution < -0.4 is 5.73 Å². The van der Waals surface area contributed by atoms with Crippen molar-refractivity contribution in [3.05, 3.63) is 46.7 Å². The van der Waals surface area contributed by atoms with E-state index in [0.29, 0.717) is 11.3 Å². The van der Waals surface area contributed by atoms with Crippen LogP contribution >= 0.6 is 27.7 Å². The summed E-state index contributed by atoms with van der Waals surface area (Å²) in [6, 6.07) is 9.60. The molecule has 84 valence electrons. The third kappa shape index (κ3) is 2.78. The van der Waals surface area contributed by atoms with Crippen LogP contribution in [0.3, 0.4) is 0 Å². The molecule has 0 atom stereocenters. The highest BCUT2D eigenvalue weighted by atomic mass is 79.9. The molecule has 3 nitrogen and oxygen atoms in total. The van der Waals surface area contributed by atoms with Gasteiger partial charge in [0.2, 0.25) is 0 Å². The number of anilines is 1. The molecule has 0 bridgehead atoms. The van der Waals surface area contributed by atoms with Gasteiger partial charge in [-0.2, -0.15) is 5.26 Å². The summed E-state index contributed by atoms with van der Waals surface area (Å²) in [6.45, 7) is 0. The Hall–Kier alpha value is -1.51. The first-order valence-electron chi connectivity index (χ1n) is 4.77. The molecule has 17 heavy (non-hydrogen) atoms. The van der Waals surface area contributed by atoms with Crippen LogP contribution in [0.1, 0.15) is 5.56 Å². The zero-order valence-corrected chi connectivity index (χ0v) is 11.1. The molecule has 0 amide bonds. The third-order valence-electron chi connectivity index (χ3n) is 2.09. The predicted molar refractivity (Wildman–Crippen MR) is 71.6 cm³/mol. The van der Waals surface area contributed by atoms with Gasteiger partial charge in [0.25, 0.3) is 0 Å². The van der Waals surface area contributed by atoms with Crippen molar-refractivity contribution < 1.29 is 0 Å². The fourth-order valence-electron chi connectivity index (χ4n) is 1.28. The Morgan fingerprint density at radius 1 is 1.29 bits per heavy atom. The smallest absolute Gasteiger partial charge is 0.100 e. The lowest BCUT2D eigenvalue weighted by atomic mass is 10.2. The molecule has 1 aromatic heterocycles. The van der Waals surface area contributed by atoms with Crippen molar-refractivity contribution in [2.24, 2.45) is 0 Å². The molecule has 0 spiro atoms. The highest BCUT2D eigenvalue weighted by Crippen LogP contribution is 2.34. The summed E-state index contributed by atoms with van der Waals surface area (Å²) < 4.78 is 0.890. The lowest BCUT2D eigenvalue weighted by molar-refractivity contribution is 1.26. The summed E-state index contributed by atoms with van der Waals surface area (Å²) in [7, 11) is 0. The van der Waals surface area contributed by atoms with Gasteiger partial charge in [-0.05, 0) is 24.3 Å². The molecule has 1 aromatic carbocycles. The van der Waals surface area contributed by atoms with Gasteiger partial charge in [-0.1, -0.05) is 27.7 Å². The molecule has 0 saturated heterocycles. The average molecular weight is 306 g/mol.